The first-order valence-electron chi connectivity index (χ1n) is 13.3. The van der Waals surface area contributed by atoms with Crippen molar-refractivity contribution in [3.8, 4) is 0 Å². The Hall–Kier alpha value is -3.88. The summed E-state index contributed by atoms with van der Waals surface area (Å²) in [7, 11) is 0. The highest BCUT2D eigenvalue weighted by molar-refractivity contribution is 6.42. The number of amides is 3. The van der Waals surface area contributed by atoms with Crippen LogP contribution in [-0.2, 0) is 20.8 Å². The number of aryl methyl sites for hydroxylation is 2. The second kappa shape index (κ2) is 13.7. The third kappa shape index (κ3) is 7.65. The van der Waals surface area contributed by atoms with Crippen LogP contribution in [0.5, 0.6) is 0 Å². The van der Waals surface area contributed by atoms with E-state index in [9.17, 15) is 24.3 Å². The number of benzene rings is 3. The molecule has 0 spiro atoms. The van der Waals surface area contributed by atoms with Crippen molar-refractivity contribution in [3.63, 3.8) is 0 Å². The van der Waals surface area contributed by atoms with E-state index in [1.165, 1.54) is 28.0 Å². The minimum absolute atomic E-state index is 0.138. The first-order valence-corrected chi connectivity index (χ1v) is 14.1. The maximum absolute atomic E-state index is 14.0. The fourth-order valence-corrected chi connectivity index (χ4v) is 5.27. The zero-order chi connectivity index (χ0) is 29.5. The molecule has 0 aliphatic carbocycles. The summed E-state index contributed by atoms with van der Waals surface area (Å²) in [6.45, 7) is 2.35. The van der Waals surface area contributed by atoms with E-state index in [1.807, 2.05) is 43.3 Å². The molecule has 41 heavy (non-hydrogen) atoms. The number of carbonyl (C=O) groups is 4. The third-order valence-corrected chi connectivity index (χ3v) is 7.72. The van der Waals surface area contributed by atoms with Gasteiger partial charge in [0.15, 0.2) is 6.17 Å². The number of rotatable bonds is 9. The van der Waals surface area contributed by atoms with Gasteiger partial charge < -0.3 is 20.2 Å². The van der Waals surface area contributed by atoms with Gasteiger partial charge in [-0.3, -0.25) is 19.2 Å². The highest BCUT2D eigenvalue weighted by Crippen LogP contribution is 2.27. The van der Waals surface area contributed by atoms with E-state index in [4.69, 9.17) is 23.2 Å². The van der Waals surface area contributed by atoms with Crippen molar-refractivity contribution in [3.05, 3.63) is 105 Å². The molecule has 1 heterocycles. The lowest BCUT2D eigenvalue weighted by molar-refractivity contribution is -0.150. The molecule has 3 aromatic rings. The number of carboxylic acids is 1. The van der Waals surface area contributed by atoms with Crippen molar-refractivity contribution in [2.24, 2.45) is 0 Å². The van der Waals surface area contributed by atoms with Gasteiger partial charge >= 0.3 is 5.97 Å². The molecule has 0 radical (unpaired) electrons. The van der Waals surface area contributed by atoms with Gasteiger partial charge in [-0.05, 0) is 49.1 Å². The molecule has 3 aromatic carbocycles. The van der Waals surface area contributed by atoms with Crippen molar-refractivity contribution in [1.29, 1.82) is 0 Å². The number of hydrogen-bond donors (Lipinski definition) is 2. The average molecular weight is 597 g/mol. The van der Waals surface area contributed by atoms with Crippen LogP contribution < -0.4 is 5.32 Å². The summed E-state index contributed by atoms with van der Waals surface area (Å²) in [5, 5.41) is 12.9. The second-order valence-electron chi connectivity index (χ2n) is 10.0. The van der Waals surface area contributed by atoms with Crippen molar-refractivity contribution in [1.82, 2.24) is 15.1 Å². The van der Waals surface area contributed by atoms with Gasteiger partial charge in [0.05, 0.1) is 22.5 Å². The predicted octanol–water partition coefficient (Wildman–Crippen LogP) is 5.27. The Morgan fingerprint density at radius 1 is 0.927 bits per heavy atom. The number of hydrogen-bond acceptors (Lipinski definition) is 4. The molecule has 10 heteroatoms. The molecule has 0 aromatic heterocycles. The molecule has 1 saturated heterocycles. The molecule has 0 saturated carbocycles. The van der Waals surface area contributed by atoms with E-state index >= 15 is 0 Å². The van der Waals surface area contributed by atoms with E-state index < -0.39 is 30.0 Å². The molecule has 1 fully saturated rings. The molecule has 4 rings (SSSR count). The zero-order valence-corrected chi connectivity index (χ0v) is 24.1. The average Bonchev–Trinajstić information content (AvgIpc) is 2.96. The third-order valence-electron chi connectivity index (χ3n) is 6.98. The lowest BCUT2D eigenvalue weighted by Crippen LogP contribution is -2.63. The fraction of sp³-hybridized carbons (Fsp3) is 0.290. The summed E-state index contributed by atoms with van der Waals surface area (Å²) >= 11 is 12.2. The Labute approximate surface area is 248 Å². The first kappa shape index (κ1) is 30.1. The molecule has 1 aliphatic heterocycles. The highest BCUT2D eigenvalue weighted by Gasteiger charge is 2.41. The van der Waals surface area contributed by atoms with Gasteiger partial charge in [-0.25, -0.2) is 0 Å². The van der Waals surface area contributed by atoms with Crippen LogP contribution in [0, 0.1) is 6.92 Å². The maximum atomic E-state index is 14.0. The molecule has 3 amide bonds. The minimum Gasteiger partial charge on any atom is -0.481 e. The van der Waals surface area contributed by atoms with Crippen LogP contribution >= 0.6 is 23.2 Å². The number of nitrogens with one attached hydrogen (secondary N) is 1. The van der Waals surface area contributed by atoms with Crippen LogP contribution in [0.1, 0.15) is 52.4 Å². The summed E-state index contributed by atoms with van der Waals surface area (Å²) in [6.07, 6.45) is -0.584. The normalized spacial score (nSPS) is 15.7. The highest BCUT2D eigenvalue weighted by atomic mass is 35.5. The molecule has 2 N–H and O–H groups in total. The summed E-state index contributed by atoms with van der Waals surface area (Å²) in [4.78, 5) is 55.7. The van der Waals surface area contributed by atoms with Crippen LogP contribution in [0.3, 0.4) is 0 Å². The summed E-state index contributed by atoms with van der Waals surface area (Å²) < 4.78 is 0. The summed E-state index contributed by atoms with van der Waals surface area (Å²) in [5.41, 5.74) is 2.71. The van der Waals surface area contributed by atoms with Gasteiger partial charge in [0, 0.05) is 25.1 Å². The Bertz CT molecular complexity index is 1430. The Kier molecular flexibility index (Phi) is 10.0. The quantitative estimate of drug-likeness (QED) is 0.350. The molecule has 214 valence electrons. The van der Waals surface area contributed by atoms with Crippen LogP contribution in [-0.4, -0.2) is 57.9 Å². The fourth-order valence-electron chi connectivity index (χ4n) is 4.98. The van der Waals surface area contributed by atoms with E-state index in [1.54, 1.807) is 18.2 Å². The van der Waals surface area contributed by atoms with E-state index in [2.05, 4.69) is 5.32 Å². The Morgan fingerprint density at radius 3 is 2.34 bits per heavy atom. The Balaban J connectivity index is 1.66. The van der Waals surface area contributed by atoms with E-state index in [-0.39, 0.29) is 47.4 Å². The maximum Gasteiger partial charge on any atom is 0.305 e. The zero-order valence-electron chi connectivity index (χ0n) is 22.6. The number of nitrogens with zero attached hydrogens (tertiary/aromatic N) is 2. The van der Waals surface area contributed by atoms with E-state index in [0.29, 0.717) is 18.4 Å². The topological polar surface area (TPSA) is 107 Å². The molecule has 2 atom stereocenters. The molecule has 8 nitrogen and oxygen atoms in total. The largest absolute Gasteiger partial charge is 0.481 e. The summed E-state index contributed by atoms with van der Waals surface area (Å²) in [5.74, 6) is -2.51. The van der Waals surface area contributed by atoms with E-state index in [0.717, 1.165) is 11.1 Å². The van der Waals surface area contributed by atoms with Gasteiger partial charge in [-0.2, -0.15) is 0 Å². The van der Waals surface area contributed by atoms with Gasteiger partial charge in [0.25, 0.3) is 11.8 Å². The van der Waals surface area contributed by atoms with Crippen molar-refractivity contribution >= 4 is 46.9 Å². The standard InChI is InChI=1S/C31H31Cl2N3O5/c1-20-7-5-10-22(17-20)26(19-28(38)39)34-29(40)30-35(27(37)14-11-21-8-3-2-4-9-21)15-6-16-36(30)31(41)23-12-13-24(32)25(33)18-23/h2-5,7-10,12-13,17-18,26,30H,6,11,14-16,19H2,1H3,(H,34,40)(H,38,39). The van der Waals surface area contributed by atoms with Crippen LogP contribution in [0.2, 0.25) is 10.0 Å². The minimum atomic E-state index is -1.28. The van der Waals surface area contributed by atoms with Gasteiger partial charge in [-0.1, -0.05) is 83.4 Å². The second-order valence-corrected chi connectivity index (χ2v) is 10.8. The van der Waals surface area contributed by atoms with Crippen molar-refractivity contribution in [2.45, 2.75) is 44.8 Å². The smallest absolute Gasteiger partial charge is 0.305 e. The lowest BCUT2D eigenvalue weighted by Gasteiger charge is -2.43. The number of halogens is 2. The SMILES string of the molecule is Cc1cccc(C(CC(=O)O)NC(=O)C2N(C(=O)CCc3ccccc3)CCCN2C(=O)c2ccc(Cl)c(Cl)c2)c1. The molecular weight excluding hydrogens is 565 g/mol. The molecule has 0 bridgehead atoms. The van der Waals surface area contributed by atoms with Gasteiger partial charge in [0.1, 0.15) is 0 Å². The van der Waals surface area contributed by atoms with Crippen LogP contribution in [0.25, 0.3) is 0 Å². The number of aliphatic carboxylic acids is 1. The summed E-state index contributed by atoms with van der Waals surface area (Å²) in [6, 6.07) is 20.3. The predicted molar refractivity (Wildman–Crippen MR) is 157 cm³/mol. The molecule has 1 aliphatic rings. The van der Waals surface area contributed by atoms with Crippen molar-refractivity contribution < 1.29 is 24.3 Å². The molecular formula is C31H31Cl2N3O5. The lowest BCUT2D eigenvalue weighted by atomic mass is 10.0. The van der Waals surface area contributed by atoms with Gasteiger partial charge in [-0.15, -0.1) is 0 Å². The molecule has 2 unspecified atom stereocenters. The van der Waals surface area contributed by atoms with Crippen LogP contribution in [0.15, 0.2) is 72.8 Å². The number of carboxylic acid groups (broad SMARTS) is 1. The number of carbonyl (C=O) groups excluding carboxylic acids is 3. The Morgan fingerprint density at radius 2 is 1.66 bits per heavy atom. The van der Waals surface area contributed by atoms with Gasteiger partial charge in [0.2, 0.25) is 5.91 Å². The monoisotopic (exact) mass is 595 g/mol. The van der Waals surface area contributed by atoms with Crippen LogP contribution in [0.4, 0.5) is 0 Å². The van der Waals surface area contributed by atoms with Crippen molar-refractivity contribution in [2.75, 3.05) is 13.1 Å². The first-order chi connectivity index (χ1) is 19.6.